The largest absolute Gasteiger partial charge is 0.508 e. The number of nitrogens with two attached hydrogens (primary N) is 1. The molecule has 13 rings (SSSR count). The molecule has 0 spiro atoms. The lowest BCUT2D eigenvalue weighted by Gasteiger charge is -2.48. The molecular weight excluding hydrogens is 1750 g/mol. The van der Waals surface area contributed by atoms with Crippen LogP contribution in [0.25, 0.3) is 11.1 Å². The molecule has 0 aliphatic carbocycles. The molecule has 692 valence electrons. The van der Waals surface area contributed by atoms with Crippen molar-refractivity contribution in [1.82, 2.24) is 42.1 Å². The van der Waals surface area contributed by atoms with Gasteiger partial charge in [-0.05, 0) is 141 Å². The number of hydrogen-bond acceptors (Lipinski definition) is 30. The summed E-state index contributed by atoms with van der Waals surface area (Å²) >= 11 is 14.5. The molecule has 0 saturated carbocycles. The molecule has 7 heterocycles. The fraction of sp³-hybridized carbons (Fsp3) is 0.409. The Morgan fingerprint density at radius 1 is 0.682 bits per heavy atom. The second-order valence-corrected chi connectivity index (χ2v) is 35.2. The van der Waals surface area contributed by atoms with Gasteiger partial charge in [-0.25, -0.2) is 18.0 Å². The highest BCUT2D eigenvalue weighted by Crippen LogP contribution is 2.50. The highest BCUT2D eigenvalue weighted by atomic mass is 35.5. The Morgan fingerprint density at radius 2 is 1.27 bits per heavy atom. The highest BCUT2D eigenvalue weighted by Gasteiger charge is 2.53. The van der Waals surface area contributed by atoms with Gasteiger partial charge in [0, 0.05) is 41.8 Å². The van der Waals surface area contributed by atoms with E-state index < -0.39 is 294 Å². The minimum Gasteiger partial charge on any atom is -0.508 e. The summed E-state index contributed by atoms with van der Waals surface area (Å²) in [6.45, 7) is 20.6. The Labute approximate surface area is 750 Å². The van der Waals surface area contributed by atoms with Gasteiger partial charge >= 0.3 is 18.0 Å². The van der Waals surface area contributed by atoms with Gasteiger partial charge in [-0.15, -0.1) is 0 Å². The number of aryl methyl sites for hydroxylation is 3. The van der Waals surface area contributed by atoms with Gasteiger partial charge < -0.3 is 121 Å². The van der Waals surface area contributed by atoms with Crippen molar-refractivity contribution in [1.29, 1.82) is 0 Å². The van der Waals surface area contributed by atoms with Crippen molar-refractivity contribution >= 4 is 92.4 Å². The molecule has 2 saturated heterocycles. The van der Waals surface area contributed by atoms with Gasteiger partial charge in [-0.1, -0.05) is 111 Å². The summed E-state index contributed by atoms with van der Waals surface area (Å²) in [4.78, 5) is 149. The first-order valence-corrected chi connectivity index (χ1v) is 43.1. The molecule has 8 amide bonds. The van der Waals surface area contributed by atoms with Crippen molar-refractivity contribution in [3.05, 3.63) is 184 Å². The molecule has 0 radical (unpaired) electrons. The zero-order valence-electron chi connectivity index (χ0n) is 71.1. The maximum atomic E-state index is 16.5. The zero-order valence-corrected chi connectivity index (χ0v) is 73.4. The van der Waals surface area contributed by atoms with Gasteiger partial charge in [0.1, 0.15) is 109 Å². The monoisotopic (exact) mass is 1850 g/mol. The predicted molar refractivity (Wildman–Crippen MR) is 458 cm³/mol. The van der Waals surface area contributed by atoms with Crippen LogP contribution in [0.5, 0.6) is 46.0 Å². The van der Waals surface area contributed by atoms with Crippen molar-refractivity contribution in [3.63, 3.8) is 0 Å². The van der Waals surface area contributed by atoms with Crippen LogP contribution < -0.4 is 57.2 Å². The molecule has 6 aromatic rings. The predicted octanol–water partition coefficient (Wildman–Crippen LogP) is 4.94. The van der Waals surface area contributed by atoms with Crippen LogP contribution in [0.3, 0.4) is 0 Å². The van der Waals surface area contributed by atoms with Gasteiger partial charge in [0.05, 0.1) is 52.0 Å². The van der Waals surface area contributed by atoms with E-state index in [-0.39, 0.29) is 48.0 Å². The van der Waals surface area contributed by atoms with Crippen molar-refractivity contribution < 1.29 is 140 Å². The molecule has 38 nitrogen and oxygen atoms in total. The van der Waals surface area contributed by atoms with Crippen LogP contribution in [-0.2, 0) is 81.4 Å². The Bertz CT molecular complexity index is 5470. The second-order valence-electron chi connectivity index (χ2n) is 32.3. The molecule has 18 atom stereocenters. The Kier molecular flexibility index (Phi) is 31.2. The number of fused-ring (bicyclic) bond motifs is 15. The summed E-state index contributed by atoms with van der Waals surface area (Å²) in [5.41, 5.74) is 2.85. The number of hydrogen-bond donors (Lipinski definition) is 16. The average molecular weight is 1850 g/mol. The number of esters is 2. The minimum atomic E-state index is -4.33. The molecular formula is C88H101Cl2N9O29S. The minimum absolute atomic E-state index is 0.0445. The number of amides is 8. The number of ether oxygens (including phenoxy) is 9. The van der Waals surface area contributed by atoms with Gasteiger partial charge in [0.15, 0.2) is 39.8 Å². The lowest BCUT2D eigenvalue weighted by atomic mass is 9.85. The highest BCUT2D eigenvalue weighted by molar-refractivity contribution is 7.91. The summed E-state index contributed by atoms with van der Waals surface area (Å²) in [5.74, 6) is -18.4. The van der Waals surface area contributed by atoms with Crippen LogP contribution in [0.15, 0.2) is 134 Å². The first kappa shape index (κ1) is 97.6. The Hall–Kier alpha value is -12.0. The number of carbonyl (C=O) groups is 10. The molecule has 41 heteroatoms. The number of nitrogens with zero attached hydrogens (tertiary/aromatic N) is 1. The fourth-order valence-electron chi connectivity index (χ4n) is 15.9. The molecule has 11 bridgehead atoms. The Balaban J connectivity index is 1.17. The summed E-state index contributed by atoms with van der Waals surface area (Å²) < 4.78 is 85.3. The topological polar surface area (TPSA) is 563 Å². The van der Waals surface area contributed by atoms with Gasteiger partial charge in [0.25, 0.3) is 0 Å². The number of sulfone groups is 1. The number of rotatable bonds is 25. The standard InChI is InChI=1S/C88H101Cl2N9O29S/c1-12-22-120-63(104)38-92-88(10)37-64(123-43(9)78(88)109)127-76-74(108)73(107)59(21-25-129(118,119)77-41(7)27-40(6)28-42(77)8)126-86(76)128-75-60-32-47-33-61(75)125-58-20-17-46(31-52(58)90)72(106)70-84(115)96-68(85(116)121-23-13-2)50-34-48(100)35-56(102)65(50)49-29-44(15-18-55(49)101)66(81(112)98-70)95-82(113)67(47)94-79(110)53(36-62(91)103)93-83(114)69(71(105)45-16-19-57(124-60)51(89)30-45)97-80(111)54(26-39(4)5)99(11)87(117)122-24-14-3/h12-20,27-35,39,43,53-54,59,64,66-74,76,78,86,92,100-102,105-109H,1-3,21-26,36-38H2,4-11H3,(H2,91,103)(H,93,114)(H,94,110)(H,95,113)(H,96,115)(H,97,111)(H,98,112)/t43?,53-,54+,59?,64?,66?,67+,68+,69+,70-,71+,72+,73?,74?,76?,78?,86?,88?/m0/s1. The average Bonchev–Trinajstić information content (AvgIpc) is 0.738. The Morgan fingerprint density at radius 3 is 1.88 bits per heavy atom. The lowest BCUT2D eigenvalue weighted by molar-refractivity contribution is -0.332. The number of phenolic OH excluding ortho intramolecular Hbond substituents is 3. The number of nitrogens with one attached hydrogen (secondary N) is 7. The smallest absolute Gasteiger partial charge is 0.410 e. The van der Waals surface area contributed by atoms with Crippen LogP contribution in [-0.4, -0.2) is 232 Å². The summed E-state index contributed by atoms with van der Waals surface area (Å²) in [6, 6.07) is 1.47. The van der Waals surface area contributed by atoms with E-state index in [1.807, 2.05) is 0 Å². The number of carbonyl (C=O) groups excluding carboxylic acids is 10. The number of likely N-dealkylation sites (N-methyl/N-ethyl adjacent to an activating group) is 1. The van der Waals surface area contributed by atoms with E-state index in [1.54, 1.807) is 46.8 Å². The summed E-state index contributed by atoms with van der Waals surface area (Å²) in [5, 5.41) is 114. The van der Waals surface area contributed by atoms with Crippen molar-refractivity contribution in [2.45, 2.75) is 188 Å². The fourth-order valence-corrected chi connectivity index (χ4v) is 18.2. The number of aromatic hydroxyl groups is 3. The van der Waals surface area contributed by atoms with Crippen LogP contribution in [0.2, 0.25) is 10.0 Å². The number of phenols is 3. The number of halogens is 2. The van der Waals surface area contributed by atoms with Gasteiger partial charge in [-0.2, -0.15) is 0 Å². The van der Waals surface area contributed by atoms with E-state index in [0.717, 1.165) is 95.4 Å². The molecule has 129 heavy (non-hydrogen) atoms. The number of aliphatic hydroxyl groups excluding tert-OH is 5. The molecule has 7 aliphatic heterocycles. The van der Waals surface area contributed by atoms with E-state index >= 15 is 24.0 Å². The van der Waals surface area contributed by atoms with Crippen molar-refractivity contribution in [2.75, 3.05) is 39.2 Å². The van der Waals surface area contributed by atoms with Gasteiger partial charge in [0.2, 0.25) is 53.4 Å². The first-order valence-electron chi connectivity index (χ1n) is 40.7. The molecule has 10 unspecified atom stereocenters. The number of primary amides is 1. The van der Waals surface area contributed by atoms with E-state index in [9.17, 15) is 73.2 Å². The van der Waals surface area contributed by atoms with Crippen LogP contribution >= 0.6 is 23.2 Å². The molecule has 6 aromatic carbocycles. The summed E-state index contributed by atoms with van der Waals surface area (Å²) in [6.07, 6.45) is -18.7. The van der Waals surface area contributed by atoms with E-state index in [0.29, 0.717) is 11.1 Å². The van der Waals surface area contributed by atoms with Crippen molar-refractivity contribution in [3.8, 4) is 57.1 Å². The summed E-state index contributed by atoms with van der Waals surface area (Å²) in [7, 11) is -3.11. The third-order valence-electron chi connectivity index (χ3n) is 22.2. The number of aliphatic hydroxyl groups is 5. The van der Waals surface area contributed by atoms with E-state index in [1.165, 1.54) is 33.0 Å². The number of benzene rings is 6. The molecule has 7 aliphatic rings. The van der Waals surface area contributed by atoms with E-state index in [4.69, 9.17) is 71.6 Å². The molecule has 17 N–H and O–H groups in total. The third kappa shape index (κ3) is 22.3. The van der Waals surface area contributed by atoms with Crippen LogP contribution in [0, 0.1) is 26.7 Å². The molecule has 2 fully saturated rings. The van der Waals surface area contributed by atoms with Gasteiger partial charge in [-0.3, -0.25) is 48.6 Å². The van der Waals surface area contributed by atoms with Crippen LogP contribution in [0.4, 0.5) is 4.79 Å². The SMILES string of the molecule is C=CCOC(=O)CNC1(C)CC(OC2C(Oc3c4cc5cc3Oc3ccc(cc3Cl)[C@@H](O)[C@@H](NC(=O)[C@@H](CC(C)C)N(C)C(=O)OCC=C)C(=O)N[C@@H](CC(N)=O)C(=O)N[C@H]5C(=O)NC3C(=O)N[C@H](C(=O)N[C@@H](C(=O)OCC=C)c5cc(O)cc(O)c5-c5cc3ccc5O)[C@H](O)c3ccc(c(Cl)c3)O4)OC(CCS(=O)(=O)c3c(C)cc(C)cc3C)C(O)C2O)OC(C)C1O. The zero-order chi connectivity index (χ0) is 94.3. The maximum absolute atomic E-state index is 16.5. The normalized spacial score (nSPS) is 25.5. The first-order chi connectivity index (χ1) is 60.9. The van der Waals surface area contributed by atoms with Crippen LogP contribution in [0.1, 0.15) is 128 Å². The quantitative estimate of drug-likeness (QED) is 0.0205. The maximum Gasteiger partial charge on any atom is 0.410 e. The second kappa shape index (κ2) is 41.2. The van der Waals surface area contributed by atoms with E-state index in [2.05, 4.69) is 57.0 Å². The lowest BCUT2D eigenvalue weighted by Crippen LogP contribution is -2.65. The van der Waals surface area contributed by atoms with Crippen molar-refractivity contribution in [2.24, 2.45) is 11.7 Å². The third-order valence-corrected chi connectivity index (χ3v) is 24.8. The molecule has 0 aromatic heterocycles.